The fourth-order valence-corrected chi connectivity index (χ4v) is 1.73. The number of carbonyl (C=O) groups excluding carboxylic acids is 1. The van der Waals surface area contributed by atoms with E-state index in [-0.39, 0.29) is 11.4 Å². The molecular weight excluding hydrogens is 270 g/mol. The highest BCUT2D eigenvalue weighted by molar-refractivity contribution is 6.01. The predicted molar refractivity (Wildman–Crippen MR) is 78.5 cm³/mol. The molecule has 0 aliphatic heterocycles. The van der Waals surface area contributed by atoms with E-state index in [2.05, 4.69) is 10.6 Å². The molecule has 6 heteroatoms. The van der Waals surface area contributed by atoms with E-state index in [1.165, 1.54) is 25.3 Å². The summed E-state index contributed by atoms with van der Waals surface area (Å²) in [5, 5.41) is 23.5. The average Bonchev–Trinajstić information content (AvgIpc) is 2.49. The summed E-state index contributed by atoms with van der Waals surface area (Å²) in [6.45, 7) is 0. The van der Waals surface area contributed by atoms with Crippen LogP contribution in [-0.2, 0) is 0 Å². The Bertz CT molecular complexity index is 708. The summed E-state index contributed by atoms with van der Waals surface area (Å²) in [4.78, 5) is 11.9. The van der Waals surface area contributed by atoms with Gasteiger partial charge in [0.15, 0.2) is 0 Å². The number of rotatable bonds is 3. The van der Waals surface area contributed by atoms with Gasteiger partial charge in [-0.1, -0.05) is 12.1 Å². The lowest BCUT2D eigenvalue weighted by molar-refractivity contribution is 0.262. The highest BCUT2D eigenvalue weighted by Crippen LogP contribution is 2.26. The second kappa shape index (κ2) is 6.30. The molecule has 0 radical (unpaired) electrons. The van der Waals surface area contributed by atoms with Crippen LogP contribution in [0.5, 0.6) is 11.5 Å². The Hall–Kier alpha value is -3.20. The number of nitriles is 1. The first-order valence-corrected chi connectivity index (χ1v) is 6.08. The monoisotopic (exact) mass is 283 g/mol. The van der Waals surface area contributed by atoms with Crippen molar-refractivity contribution in [2.24, 2.45) is 0 Å². The largest absolute Gasteiger partial charge is 0.506 e. The summed E-state index contributed by atoms with van der Waals surface area (Å²) in [6, 6.07) is 12.6. The van der Waals surface area contributed by atoms with Gasteiger partial charge in [-0.05, 0) is 30.3 Å². The number of aromatic hydroxyl groups is 1. The summed E-state index contributed by atoms with van der Waals surface area (Å²) in [6.07, 6.45) is 0. The fraction of sp³-hybridized carbons (Fsp3) is 0.0667. The molecular formula is C15H13N3O3. The maximum Gasteiger partial charge on any atom is 0.323 e. The van der Waals surface area contributed by atoms with Crippen molar-refractivity contribution in [3.63, 3.8) is 0 Å². The van der Waals surface area contributed by atoms with Crippen LogP contribution in [0.25, 0.3) is 0 Å². The number of hydrogen-bond acceptors (Lipinski definition) is 4. The summed E-state index contributed by atoms with van der Waals surface area (Å²) in [5.41, 5.74) is 1.02. The molecule has 2 aromatic carbocycles. The van der Waals surface area contributed by atoms with Crippen LogP contribution >= 0.6 is 0 Å². The van der Waals surface area contributed by atoms with E-state index < -0.39 is 6.03 Å². The Morgan fingerprint density at radius 2 is 1.90 bits per heavy atom. The number of nitrogens with zero attached hydrogens (tertiary/aromatic N) is 1. The van der Waals surface area contributed by atoms with E-state index in [1.54, 1.807) is 24.3 Å². The zero-order valence-electron chi connectivity index (χ0n) is 11.3. The molecule has 2 aromatic rings. The van der Waals surface area contributed by atoms with Crippen molar-refractivity contribution in [1.29, 1.82) is 5.26 Å². The van der Waals surface area contributed by atoms with E-state index in [0.717, 1.165) is 0 Å². The Kier molecular flexibility index (Phi) is 4.26. The maximum atomic E-state index is 11.9. The molecule has 0 unspecified atom stereocenters. The van der Waals surface area contributed by atoms with Crippen molar-refractivity contribution in [3.05, 3.63) is 48.0 Å². The van der Waals surface area contributed by atoms with E-state index in [0.29, 0.717) is 17.0 Å². The Morgan fingerprint density at radius 1 is 1.19 bits per heavy atom. The van der Waals surface area contributed by atoms with Crippen LogP contribution in [0.2, 0.25) is 0 Å². The van der Waals surface area contributed by atoms with Gasteiger partial charge >= 0.3 is 6.03 Å². The highest BCUT2D eigenvalue weighted by atomic mass is 16.5. The number of nitrogens with one attached hydrogen (secondary N) is 2. The van der Waals surface area contributed by atoms with Gasteiger partial charge in [0.05, 0.1) is 30.1 Å². The lowest BCUT2D eigenvalue weighted by atomic mass is 10.2. The predicted octanol–water partition coefficient (Wildman–Crippen LogP) is 2.92. The standard InChI is InChI=1S/C15H13N3O3/c1-21-14-5-3-2-4-12(14)18-15(20)17-11-7-6-10(9-16)8-13(11)19/h2-8,19H,1H3,(H2,17,18,20). The lowest BCUT2D eigenvalue weighted by Gasteiger charge is -2.11. The second-order valence-corrected chi connectivity index (χ2v) is 4.12. The van der Waals surface area contributed by atoms with Gasteiger partial charge in [-0.25, -0.2) is 4.79 Å². The van der Waals surface area contributed by atoms with Crippen molar-refractivity contribution in [2.75, 3.05) is 17.7 Å². The van der Waals surface area contributed by atoms with Crippen LogP contribution in [0.3, 0.4) is 0 Å². The van der Waals surface area contributed by atoms with Gasteiger partial charge in [0.25, 0.3) is 0 Å². The van der Waals surface area contributed by atoms with Gasteiger partial charge in [-0.15, -0.1) is 0 Å². The average molecular weight is 283 g/mol. The van der Waals surface area contributed by atoms with Crippen molar-refractivity contribution >= 4 is 17.4 Å². The van der Waals surface area contributed by atoms with Crippen molar-refractivity contribution in [1.82, 2.24) is 0 Å². The Morgan fingerprint density at radius 3 is 2.57 bits per heavy atom. The van der Waals surface area contributed by atoms with Gasteiger partial charge in [0, 0.05) is 0 Å². The molecule has 0 aromatic heterocycles. The number of ether oxygens (including phenoxy) is 1. The van der Waals surface area contributed by atoms with Crippen molar-refractivity contribution < 1.29 is 14.6 Å². The number of anilines is 2. The topological polar surface area (TPSA) is 94.4 Å². The number of hydrogen-bond donors (Lipinski definition) is 3. The van der Waals surface area contributed by atoms with Crippen LogP contribution in [0.15, 0.2) is 42.5 Å². The number of phenolic OH excluding ortho intramolecular Hbond substituents is 1. The molecule has 0 fully saturated rings. The van der Waals surface area contributed by atoms with Crippen LogP contribution in [0, 0.1) is 11.3 Å². The molecule has 0 aliphatic rings. The van der Waals surface area contributed by atoms with Gasteiger partial charge in [-0.2, -0.15) is 5.26 Å². The number of carbonyl (C=O) groups is 1. The maximum absolute atomic E-state index is 11.9. The molecule has 0 bridgehead atoms. The van der Waals surface area contributed by atoms with Crippen molar-refractivity contribution in [3.8, 4) is 17.6 Å². The van der Waals surface area contributed by atoms with Crippen molar-refractivity contribution in [2.45, 2.75) is 0 Å². The quantitative estimate of drug-likeness (QED) is 0.755. The molecule has 3 N–H and O–H groups in total. The summed E-state index contributed by atoms with van der Waals surface area (Å²) in [5.74, 6) is 0.348. The van der Waals surface area contributed by atoms with E-state index in [9.17, 15) is 9.90 Å². The van der Waals surface area contributed by atoms with Gasteiger partial charge in [0.2, 0.25) is 0 Å². The number of benzene rings is 2. The molecule has 106 valence electrons. The first kappa shape index (κ1) is 14.2. The zero-order chi connectivity index (χ0) is 15.2. The molecule has 0 saturated carbocycles. The number of para-hydroxylation sites is 2. The summed E-state index contributed by atoms with van der Waals surface area (Å²) < 4.78 is 5.12. The van der Waals surface area contributed by atoms with E-state index >= 15 is 0 Å². The molecule has 6 nitrogen and oxygen atoms in total. The molecule has 0 saturated heterocycles. The highest BCUT2D eigenvalue weighted by Gasteiger charge is 2.09. The normalized spacial score (nSPS) is 9.52. The lowest BCUT2D eigenvalue weighted by Crippen LogP contribution is -2.19. The number of amides is 2. The fourth-order valence-electron chi connectivity index (χ4n) is 1.73. The van der Waals surface area contributed by atoms with Crippen LogP contribution < -0.4 is 15.4 Å². The third-order valence-electron chi connectivity index (χ3n) is 2.73. The molecule has 2 rings (SSSR count). The molecule has 0 spiro atoms. The van der Waals surface area contributed by atoms with E-state index in [4.69, 9.17) is 10.00 Å². The summed E-state index contributed by atoms with van der Waals surface area (Å²) in [7, 11) is 1.50. The van der Waals surface area contributed by atoms with Crippen LogP contribution in [-0.4, -0.2) is 18.2 Å². The third-order valence-corrected chi connectivity index (χ3v) is 2.73. The molecule has 0 aliphatic carbocycles. The number of phenols is 1. The zero-order valence-corrected chi connectivity index (χ0v) is 11.3. The van der Waals surface area contributed by atoms with Crippen LogP contribution in [0.4, 0.5) is 16.2 Å². The van der Waals surface area contributed by atoms with Crippen LogP contribution in [0.1, 0.15) is 5.56 Å². The molecule has 0 atom stereocenters. The first-order valence-electron chi connectivity index (χ1n) is 6.08. The van der Waals surface area contributed by atoms with E-state index in [1.807, 2.05) is 6.07 Å². The smallest absolute Gasteiger partial charge is 0.323 e. The minimum Gasteiger partial charge on any atom is -0.506 e. The molecule has 2 amide bonds. The minimum atomic E-state index is -0.528. The number of methoxy groups -OCH3 is 1. The first-order chi connectivity index (χ1) is 10.1. The SMILES string of the molecule is COc1ccccc1NC(=O)Nc1ccc(C#N)cc1O. The molecule has 21 heavy (non-hydrogen) atoms. The molecule has 0 heterocycles. The van der Waals surface area contributed by atoms with Gasteiger partial charge in [-0.3, -0.25) is 0 Å². The second-order valence-electron chi connectivity index (χ2n) is 4.12. The Labute approximate surface area is 121 Å². The Balaban J connectivity index is 2.10. The minimum absolute atomic E-state index is 0.177. The number of urea groups is 1. The third kappa shape index (κ3) is 3.42. The van der Waals surface area contributed by atoms with Gasteiger partial charge < -0.3 is 20.5 Å². The van der Waals surface area contributed by atoms with Gasteiger partial charge in [0.1, 0.15) is 11.5 Å². The summed E-state index contributed by atoms with van der Waals surface area (Å²) >= 11 is 0.